The minimum absolute atomic E-state index is 0. The zero-order chi connectivity index (χ0) is 14.0. The molecule has 114 valence electrons. The molecule has 0 spiro atoms. The number of aromatic amines is 1. The van der Waals surface area contributed by atoms with Crippen LogP contribution < -0.4 is 10.6 Å². The zero-order valence-electron chi connectivity index (χ0n) is 11.4. The van der Waals surface area contributed by atoms with Crippen LogP contribution in [0.25, 0.3) is 0 Å². The second kappa shape index (κ2) is 6.49. The van der Waals surface area contributed by atoms with Crippen molar-refractivity contribution in [1.29, 1.82) is 0 Å². The summed E-state index contributed by atoms with van der Waals surface area (Å²) in [5.41, 5.74) is 1.79. The third-order valence-electron chi connectivity index (χ3n) is 3.09. The molecule has 0 saturated carbocycles. The number of nitrogens with zero attached hydrogens (tertiary/aromatic N) is 1. The van der Waals surface area contributed by atoms with Gasteiger partial charge in [0, 0.05) is 24.6 Å². The van der Waals surface area contributed by atoms with Crippen molar-refractivity contribution >= 4 is 18.3 Å². The van der Waals surface area contributed by atoms with Crippen LogP contribution in [0.2, 0.25) is 0 Å². The van der Waals surface area contributed by atoms with Crippen molar-refractivity contribution in [3.05, 3.63) is 17.5 Å². The Morgan fingerprint density at radius 2 is 2.35 bits per heavy atom. The Morgan fingerprint density at radius 3 is 2.85 bits per heavy atom. The molecule has 1 aromatic heterocycles. The summed E-state index contributed by atoms with van der Waals surface area (Å²) in [7, 11) is 0. The molecule has 2 heterocycles. The molecule has 2 rings (SSSR count). The maximum atomic E-state index is 13.0. The number of nitrogens with one attached hydrogen (secondary N) is 3. The van der Waals surface area contributed by atoms with Crippen molar-refractivity contribution in [3.63, 3.8) is 0 Å². The number of aromatic nitrogens is 2. The maximum absolute atomic E-state index is 13.0. The summed E-state index contributed by atoms with van der Waals surface area (Å²) >= 11 is 0. The fourth-order valence-corrected chi connectivity index (χ4v) is 2.19. The van der Waals surface area contributed by atoms with Crippen molar-refractivity contribution < 1.29 is 13.6 Å². The summed E-state index contributed by atoms with van der Waals surface area (Å²) in [5.74, 6) is -3.16. The third-order valence-corrected chi connectivity index (χ3v) is 3.09. The van der Waals surface area contributed by atoms with Crippen molar-refractivity contribution in [2.24, 2.45) is 0 Å². The molecule has 0 aliphatic carbocycles. The Morgan fingerprint density at radius 1 is 1.65 bits per heavy atom. The Labute approximate surface area is 122 Å². The molecule has 20 heavy (non-hydrogen) atoms. The van der Waals surface area contributed by atoms with Crippen LogP contribution in [0.4, 0.5) is 8.78 Å². The van der Waals surface area contributed by atoms with Gasteiger partial charge in [-0.1, -0.05) is 0 Å². The second-order valence-corrected chi connectivity index (χ2v) is 5.15. The van der Waals surface area contributed by atoms with Crippen LogP contribution in [-0.4, -0.2) is 40.7 Å². The molecule has 8 heteroatoms. The van der Waals surface area contributed by atoms with Gasteiger partial charge in [0.15, 0.2) is 0 Å². The molecule has 0 radical (unpaired) electrons. The van der Waals surface area contributed by atoms with Crippen LogP contribution in [-0.2, 0) is 11.2 Å². The Bertz CT molecular complexity index is 466. The number of halogens is 3. The van der Waals surface area contributed by atoms with Gasteiger partial charge in [-0.2, -0.15) is 5.10 Å². The van der Waals surface area contributed by atoms with Gasteiger partial charge in [-0.15, -0.1) is 12.4 Å². The van der Waals surface area contributed by atoms with Crippen LogP contribution in [0.15, 0.2) is 6.07 Å². The predicted octanol–water partition coefficient (Wildman–Crippen LogP) is 1.18. The molecule has 3 N–H and O–H groups in total. The van der Waals surface area contributed by atoms with Gasteiger partial charge < -0.3 is 5.32 Å². The smallest absolute Gasteiger partial charge is 0.262 e. The van der Waals surface area contributed by atoms with E-state index >= 15 is 0 Å². The lowest BCUT2D eigenvalue weighted by Crippen LogP contribution is -2.44. The highest BCUT2D eigenvalue weighted by Crippen LogP contribution is 2.25. The van der Waals surface area contributed by atoms with Crippen molar-refractivity contribution in [3.8, 4) is 0 Å². The maximum Gasteiger partial charge on any atom is 0.262 e. The summed E-state index contributed by atoms with van der Waals surface area (Å²) in [5, 5.41) is 12.2. The molecule has 5 nitrogen and oxygen atoms in total. The molecule has 1 fully saturated rings. The van der Waals surface area contributed by atoms with E-state index in [0.717, 1.165) is 11.4 Å². The normalized spacial score (nSPS) is 22.1. The summed E-state index contributed by atoms with van der Waals surface area (Å²) in [6.07, 6.45) is 0.131. The molecule has 2 atom stereocenters. The first kappa shape index (κ1) is 16.8. The SMILES string of the molecule is Cc1cc(CC(C)NC(=O)C2CC(F)(F)CN2)n[nH]1.Cl. The molecule has 0 aromatic carbocycles. The van der Waals surface area contributed by atoms with E-state index in [4.69, 9.17) is 0 Å². The molecule has 0 bridgehead atoms. The lowest BCUT2D eigenvalue weighted by Gasteiger charge is -2.16. The Hall–Kier alpha value is -1.21. The fraction of sp³-hybridized carbons (Fsp3) is 0.667. The molecule has 1 aliphatic rings. The quantitative estimate of drug-likeness (QED) is 0.782. The van der Waals surface area contributed by atoms with Crippen LogP contribution in [0.1, 0.15) is 24.7 Å². The summed E-state index contributed by atoms with van der Waals surface area (Å²) in [6.45, 7) is 3.29. The first-order chi connectivity index (χ1) is 8.85. The second-order valence-electron chi connectivity index (χ2n) is 5.15. The van der Waals surface area contributed by atoms with Gasteiger partial charge in [0.2, 0.25) is 5.91 Å². The Balaban J connectivity index is 0.00000200. The molecule has 1 saturated heterocycles. The van der Waals surface area contributed by atoms with Crippen LogP contribution >= 0.6 is 12.4 Å². The topological polar surface area (TPSA) is 69.8 Å². The molecular weight excluding hydrogens is 290 g/mol. The standard InChI is InChI=1S/C12H18F2N4O.ClH/c1-7(3-9-4-8(2)17-18-9)16-11(19)10-5-12(13,14)6-15-10;/h4,7,10,15H,3,5-6H2,1-2H3,(H,16,19)(H,17,18);1H. The lowest BCUT2D eigenvalue weighted by atomic mass is 10.1. The fourth-order valence-electron chi connectivity index (χ4n) is 2.19. The first-order valence-corrected chi connectivity index (χ1v) is 6.28. The largest absolute Gasteiger partial charge is 0.352 e. The van der Waals surface area contributed by atoms with Gasteiger partial charge in [0.05, 0.1) is 18.3 Å². The van der Waals surface area contributed by atoms with Crippen molar-refractivity contribution in [1.82, 2.24) is 20.8 Å². The number of carbonyl (C=O) groups excluding carboxylic acids is 1. The molecule has 1 amide bonds. The van der Waals surface area contributed by atoms with Crippen LogP contribution in [0, 0.1) is 6.92 Å². The number of aryl methyl sites for hydroxylation is 1. The van der Waals surface area contributed by atoms with E-state index in [1.54, 1.807) is 0 Å². The van der Waals surface area contributed by atoms with Gasteiger partial charge >= 0.3 is 0 Å². The first-order valence-electron chi connectivity index (χ1n) is 6.28. The minimum Gasteiger partial charge on any atom is -0.352 e. The van der Waals surface area contributed by atoms with E-state index in [9.17, 15) is 13.6 Å². The minimum atomic E-state index is -2.79. The number of H-pyrrole nitrogens is 1. The number of alkyl halides is 2. The van der Waals surface area contributed by atoms with Crippen molar-refractivity contribution in [2.45, 2.75) is 44.7 Å². The van der Waals surface area contributed by atoms with E-state index in [2.05, 4.69) is 20.8 Å². The van der Waals surface area contributed by atoms with Crippen molar-refractivity contribution in [2.75, 3.05) is 6.54 Å². The molecule has 2 unspecified atom stereocenters. The highest BCUT2D eigenvalue weighted by molar-refractivity contribution is 5.85. The number of hydrogen-bond acceptors (Lipinski definition) is 3. The monoisotopic (exact) mass is 308 g/mol. The van der Waals surface area contributed by atoms with E-state index < -0.39 is 24.9 Å². The number of carbonyl (C=O) groups is 1. The third kappa shape index (κ3) is 4.42. The van der Waals surface area contributed by atoms with Crippen LogP contribution in [0.3, 0.4) is 0 Å². The van der Waals surface area contributed by atoms with E-state index in [0.29, 0.717) is 6.42 Å². The van der Waals surface area contributed by atoms with Gasteiger partial charge in [-0.3, -0.25) is 15.2 Å². The lowest BCUT2D eigenvalue weighted by molar-refractivity contribution is -0.124. The average Bonchev–Trinajstić information content (AvgIpc) is 2.84. The average molecular weight is 309 g/mol. The summed E-state index contributed by atoms with van der Waals surface area (Å²) in [4.78, 5) is 11.8. The predicted molar refractivity (Wildman–Crippen MR) is 73.2 cm³/mol. The highest BCUT2D eigenvalue weighted by Gasteiger charge is 2.42. The van der Waals surface area contributed by atoms with E-state index in [-0.39, 0.29) is 24.4 Å². The summed E-state index contributed by atoms with van der Waals surface area (Å²) in [6, 6.07) is 0.939. The van der Waals surface area contributed by atoms with Gasteiger partial charge in [-0.25, -0.2) is 8.78 Å². The number of amides is 1. The zero-order valence-corrected chi connectivity index (χ0v) is 12.2. The molecule has 1 aliphatic heterocycles. The number of rotatable bonds is 4. The Kier molecular flexibility index (Phi) is 5.47. The van der Waals surface area contributed by atoms with E-state index in [1.807, 2.05) is 19.9 Å². The van der Waals surface area contributed by atoms with Gasteiger partial charge in [0.1, 0.15) is 0 Å². The van der Waals surface area contributed by atoms with Gasteiger partial charge in [0.25, 0.3) is 5.92 Å². The highest BCUT2D eigenvalue weighted by atomic mass is 35.5. The van der Waals surface area contributed by atoms with Crippen LogP contribution in [0.5, 0.6) is 0 Å². The molecular formula is C12H19ClF2N4O. The summed E-state index contributed by atoms with van der Waals surface area (Å²) < 4.78 is 26.0. The van der Waals surface area contributed by atoms with E-state index in [1.165, 1.54) is 0 Å². The van der Waals surface area contributed by atoms with Gasteiger partial charge in [-0.05, 0) is 19.9 Å². The number of hydrogen-bond donors (Lipinski definition) is 3. The molecule has 1 aromatic rings.